The van der Waals surface area contributed by atoms with Crippen molar-refractivity contribution in [2.24, 2.45) is 7.05 Å². The number of nitrogens with zero attached hydrogens (tertiary/aromatic N) is 3. The molecule has 9 heteroatoms. The molecule has 1 heterocycles. The Morgan fingerprint density at radius 1 is 1.58 bits per heavy atom. The first-order valence-corrected chi connectivity index (χ1v) is 5.45. The third-order valence-electron chi connectivity index (χ3n) is 2.39. The third kappa shape index (κ3) is 4.12. The van der Waals surface area contributed by atoms with Crippen LogP contribution in [-0.2, 0) is 19.8 Å². The number of hydrogen-bond donors (Lipinski definition) is 2. The molecule has 2 amide bonds. The molecule has 0 aliphatic rings. The summed E-state index contributed by atoms with van der Waals surface area (Å²) in [6.45, 7) is -0.396. The van der Waals surface area contributed by atoms with Gasteiger partial charge < -0.3 is 15.3 Å². The Labute approximate surface area is 107 Å². The third-order valence-corrected chi connectivity index (χ3v) is 2.39. The largest absolute Gasteiger partial charge is 0.435 e. The van der Waals surface area contributed by atoms with Gasteiger partial charge in [-0.2, -0.15) is 18.3 Å². The van der Waals surface area contributed by atoms with E-state index in [1.54, 1.807) is 0 Å². The molecule has 2 N–H and O–H groups in total. The second kappa shape index (κ2) is 5.91. The first-order valence-electron chi connectivity index (χ1n) is 5.45. The zero-order valence-corrected chi connectivity index (χ0v) is 10.5. The first kappa shape index (κ1) is 15.3. The van der Waals surface area contributed by atoms with Crippen LogP contribution >= 0.6 is 0 Å². The molecule has 6 nitrogen and oxygen atoms in total. The van der Waals surface area contributed by atoms with Gasteiger partial charge in [0.05, 0.1) is 6.61 Å². The van der Waals surface area contributed by atoms with Crippen molar-refractivity contribution in [3.8, 4) is 0 Å². The van der Waals surface area contributed by atoms with E-state index in [9.17, 15) is 18.0 Å². The number of amides is 2. The Kier molecular flexibility index (Phi) is 4.76. The second-order valence-corrected chi connectivity index (χ2v) is 3.98. The van der Waals surface area contributed by atoms with Crippen LogP contribution in [0.4, 0.5) is 18.0 Å². The van der Waals surface area contributed by atoms with Crippen molar-refractivity contribution in [2.75, 3.05) is 20.2 Å². The van der Waals surface area contributed by atoms with Gasteiger partial charge in [0.2, 0.25) is 0 Å². The van der Waals surface area contributed by atoms with E-state index in [2.05, 4.69) is 10.4 Å². The van der Waals surface area contributed by atoms with Gasteiger partial charge in [-0.1, -0.05) is 0 Å². The minimum atomic E-state index is -4.56. The van der Waals surface area contributed by atoms with Gasteiger partial charge in [-0.3, -0.25) is 4.68 Å². The first-order chi connectivity index (χ1) is 8.75. The Hall–Kier alpha value is -1.77. The number of likely N-dealkylation sites (N-methyl/N-ethyl adjacent to an activating group) is 1. The van der Waals surface area contributed by atoms with Crippen molar-refractivity contribution in [3.63, 3.8) is 0 Å². The predicted octanol–water partition coefficient (Wildman–Crippen LogP) is 0.573. The van der Waals surface area contributed by atoms with Crippen molar-refractivity contribution in [3.05, 3.63) is 17.5 Å². The summed E-state index contributed by atoms with van der Waals surface area (Å²) in [5.41, 5.74) is -1.12. The number of aryl methyl sites for hydroxylation is 1. The standard InChI is InChI=1S/C10H15F3N4O2/c1-16(3-4-18)9(19)14-5-7-6-17(2)15-8(7)10(11,12)13/h6,18H,3-5H2,1-2H3,(H,14,19). The molecule has 1 rings (SSSR count). The van der Waals surface area contributed by atoms with Crippen LogP contribution in [-0.4, -0.2) is 46.0 Å². The number of aromatic nitrogens is 2. The molecule has 0 atom stereocenters. The number of rotatable bonds is 4. The summed E-state index contributed by atoms with van der Waals surface area (Å²) in [6.07, 6.45) is -3.35. The quantitative estimate of drug-likeness (QED) is 0.847. The van der Waals surface area contributed by atoms with Crippen LogP contribution in [0.5, 0.6) is 0 Å². The predicted molar refractivity (Wildman–Crippen MR) is 60.2 cm³/mol. The van der Waals surface area contributed by atoms with E-state index in [1.807, 2.05) is 0 Å². The lowest BCUT2D eigenvalue weighted by molar-refractivity contribution is -0.142. The number of halogens is 3. The van der Waals surface area contributed by atoms with Crippen LogP contribution in [0.2, 0.25) is 0 Å². The fourth-order valence-electron chi connectivity index (χ4n) is 1.46. The zero-order chi connectivity index (χ0) is 14.6. The van der Waals surface area contributed by atoms with Gasteiger partial charge in [-0.05, 0) is 0 Å². The monoisotopic (exact) mass is 280 g/mol. The second-order valence-electron chi connectivity index (χ2n) is 3.98. The van der Waals surface area contributed by atoms with Gasteiger partial charge in [0, 0.05) is 38.9 Å². The van der Waals surface area contributed by atoms with Crippen molar-refractivity contribution < 1.29 is 23.1 Å². The van der Waals surface area contributed by atoms with Crippen LogP contribution in [0, 0.1) is 0 Å². The highest BCUT2D eigenvalue weighted by atomic mass is 19.4. The van der Waals surface area contributed by atoms with Gasteiger partial charge in [-0.25, -0.2) is 4.79 Å². The number of carbonyl (C=O) groups excluding carboxylic acids is 1. The molecule has 0 fully saturated rings. The summed E-state index contributed by atoms with van der Waals surface area (Å²) >= 11 is 0. The number of aliphatic hydroxyl groups is 1. The van der Waals surface area contributed by atoms with E-state index in [4.69, 9.17) is 5.11 Å². The van der Waals surface area contributed by atoms with Crippen molar-refractivity contribution in [1.29, 1.82) is 0 Å². The van der Waals surface area contributed by atoms with Gasteiger partial charge in [0.25, 0.3) is 0 Å². The zero-order valence-electron chi connectivity index (χ0n) is 10.5. The fourth-order valence-corrected chi connectivity index (χ4v) is 1.46. The maximum Gasteiger partial charge on any atom is 0.435 e. The highest BCUT2D eigenvalue weighted by Gasteiger charge is 2.36. The highest BCUT2D eigenvalue weighted by molar-refractivity contribution is 5.73. The normalized spacial score (nSPS) is 11.5. The fraction of sp³-hybridized carbons (Fsp3) is 0.600. The SMILES string of the molecule is CN(CCO)C(=O)NCc1cn(C)nc1C(F)(F)F. The average molecular weight is 280 g/mol. The molecule has 19 heavy (non-hydrogen) atoms. The molecule has 0 aromatic carbocycles. The lowest BCUT2D eigenvalue weighted by Crippen LogP contribution is -2.38. The molecule has 0 bridgehead atoms. The van der Waals surface area contributed by atoms with Crippen LogP contribution in [0.15, 0.2) is 6.20 Å². The Morgan fingerprint density at radius 3 is 2.74 bits per heavy atom. The van der Waals surface area contributed by atoms with Crippen LogP contribution in [0.3, 0.4) is 0 Å². The molecule has 1 aromatic heterocycles. The number of carbonyl (C=O) groups is 1. The number of urea groups is 1. The van der Waals surface area contributed by atoms with Gasteiger partial charge in [0.15, 0.2) is 5.69 Å². The molecule has 0 aliphatic heterocycles. The van der Waals surface area contributed by atoms with Crippen LogP contribution < -0.4 is 5.32 Å². The van der Waals surface area contributed by atoms with Gasteiger partial charge >= 0.3 is 12.2 Å². The highest BCUT2D eigenvalue weighted by Crippen LogP contribution is 2.30. The van der Waals surface area contributed by atoms with E-state index in [0.29, 0.717) is 0 Å². The Morgan fingerprint density at radius 2 is 2.21 bits per heavy atom. The molecule has 0 radical (unpaired) electrons. The number of hydrogen-bond acceptors (Lipinski definition) is 3. The summed E-state index contributed by atoms with van der Waals surface area (Å²) in [5, 5.41) is 14.3. The molecule has 1 aromatic rings. The molecule has 0 aliphatic carbocycles. The van der Waals surface area contributed by atoms with Crippen LogP contribution in [0.1, 0.15) is 11.3 Å². The average Bonchev–Trinajstić information content (AvgIpc) is 2.67. The maximum atomic E-state index is 12.6. The van der Waals surface area contributed by atoms with Crippen LogP contribution in [0.25, 0.3) is 0 Å². The minimum absolute atomic E-state index is 0.102. The summed E-state index contributed by atoms with van der Waals surface area (Å²) in [4.78, 5) is 12.6. The molecular weight excluding hydrogens is 265 g/mol. The van der Waals surface area contributed by atoms with E-state index in [1.165, 1.54) is 25.2 Å². The lowest BCUT2D eigenvalue weighted by Gasteiger charge is -2.16. The molecule has 0 unspecified atom stereocenters. The van der Waals surface area contributed by atoms with Crippen molar-refractivity contribution in [1.82, 2.24) is 20.0 Å². The summed E-state index contributed by atoms with van der Waals surface area (Å²) < 4.78 is 38.9. The van der Waals surface area contributed by atoms with Gasteiger partial charge in [-0.15, -0.1) is 0 Å². The number of alkyl halides is 3. The van der Waals surface area contributed by atoms with E-state index in [-0.39, 0.29) is 25.3 Å². The Bertz CT molecular complexity index is 444. The summed E-state index contributed by atoms with van der Waals surface area (Å²) in [7, 11) is 2.80. The van der Waals surface area contributed by atoms with E-state index < -0.39 is 17.9 Å². The number of aliphatic hydroxyl groups excluding tert-OH is 1. The minimum Gasteiger partial charge on any atom is -0.395 e. The summed E-state index contributed by atoms with van der Waals surface area (Å²) in [5.74, 6) is 0. The van der Waals surface area contributed by atoms with E-state index >= 15 is 0 Å². The van der Waals surface area contributed by atoms with Gasteiger partial charge in [0.1, 0.15) is 0 Å². The van der Waals surface area contributed by atoms with Crippen molar-refractivity contribution in [2.45, 2.75) is 12.7 Å². The molecule has 108 valence electrons. The lowest BCUT2D eigenvalue weighted by atomic mass is 10.2. The summed E-state index contributed by atoms with van der Waals surface area (Å²) in [6, 6.07) is -0.564. The molecule has 0 saturated carbocycles. The van der Waals surface area contributed by atoms with Crippen molar-refractivity contribution >= 4 is 6.03 Å². The number of nitrogens with one attached hydrogen (secondary N) is 1. The molecular formula is C10H15F3N4O2. The Balaban J connectivity index is 2.71. The molecule has 0 spiro atoms. The topological polar surface area (TPSA) is 70.4 Å². The molecule has 0 saturated heterocycles. The van der Waals surface area contributed by atoms with E-state index in [0.717, 1.165) is 4.68 Å². The smallest absolute Gasteiger partial charge is 0.395 e. The maximum absolute atomic E-state index is 12.6.